The van der Waals surface area contributed by atoms with Crippen LogP contribution >= 0.6 is 0 Å². The van der Waals surface area contributed by atoms with Crippen molar-refractivity contribution < 1.29 is 29.3 Å². The summed E-state index contributed by atoms with van der Waals surface area (Å²) in [6.07, 6.45) is 0.242. The first-order chi connectivity index (χ1) is 14.3. The van der Waals surface area contributed by atoms with Crippen molar-refractivity contribution in [2.45, 2.75) is 25.7 Å². The highest BCUT2D eigenvalue weighted by atomic mass is 19.1. The van der Waals surface area contributed by atoms with Gasteiger partial charge < -0.3 is 20.1 Å². The van der Waals surface area contributed by atoms with Crippen LogP contribution in [0.25, 0.3) is 0 Å². The molecule has 0 fully saturated rings. The van der Waals surface area contributed by atoms with Gasteiger partial charge in [0.2, 0.25) is 0 Å². The molecule has 0 saturated carbocycles. The van der Waals surface area contributed by atoms with Gasteiger partial charge in [-0.2, -0.15) is 5.26 Å². The standard InChI is InChI=1S/C21H23BFN3O4/c1-2-26(21(28)17-7-3-16(14-24)4-8-17)12-11-20(27)25-19(22(29)30)13-15-5-9-18(23)10-6-15/h3-10,19,29-30H,2,11-13H2,1H3,(H,25,27)/p+1/t19-/m0/s1. The van der Waals surface area contributed by atoms with E-state index >= 15 is 0 Å². The fraction of sp³-hybridized carbons (Fsp3) is 0.286. The summed E-state index contributed by atoms with van der Waals surface area (Å²) in [6, 6.07) is 13.9. The minimum absolute atomic E-state index is 0.0858. The van der Waals surface area contributed by atoms with Crippen LogP contribution in [0.5, 0.6) is 0 Å². The molecule has 9 heteroatoms. The van der Waals surface area contributed by atoms with Crippen molar-refractivity contribution in [3.05, 3.63) is 71.0 Å². The second-order valence-electron chi connectivity index (χ2n) is 6.77. The van der Waals surface area contributed by atoms with Crippen LogP contribution in [0.4, 0.5) is 4.39 Å². The maximum absolute atomic E-state index is 13.0. The third kappa shape index (κ3) is 6.69. The number of nitrogens with zero attached hydrogens (tertiary/aromatic N) is 2. The Balaban J connectivity index is 2.01. The number of carbonyl (C=O) groups is 1. The molecule has 0 aromatic heterocycles. The number of nitrogens with one attached hydrogen (secondary N) is 1. The number of hydrogen-bond donors (Lipinski definition) is 4. The normalized spacial score (nSPS) is 12.2. The van der Waals surface area contributed by atoms with Crippen molar-refractivity contribution in [3.63, 3.8) is 0 Å². The highest BCUT2D eigenvalue weighted by Crippen LogP contribution is 2.08. The van der Waals surface area contributed by atoms with Gasteiger partial charge in [0.25, 0.3) is 5.91 Å². The molecule has 2 aromatic carbocycles. The van der Waals surface area contributed by atoms with E-state index in [0.717, 1.165) is 0 Å². The molecule has 0 saturated heterocycles. The molecule has 1 amide bonds. The zero-order valence-electron chi connectivity index (χ0n) is 16.6. The molecule has 1 atom stereocenters. The number of hydrogen-bond acceptors (Lipinski definition) is 4. The van der Waals surface area contributed by atoms with Crippen LogP contribution in [0.2, 0.25) is 0 Å². The van der Waals surface area contributed by atoms with Crippen LogP contribution in [-0.4, -0.2) is 58.0 Å². The third-order valence-electron chi connectivity index (χ3n) is 4.63. The Morgan fingerprint density at radius 1 is 1.20 bits per heavy atom. The number of carbonyl (C=O) groups excluding carboxylic acids is 1. The predicted octanol–water partition coefficient (Wildman–Crippen LogP) is 0.210. The molecular formula is C21H24BFN3O4+. The Labute approximate surface area is 174 Å². The summed E-state index contributed by atoms with van der Waals surface area (Å²) < 4.78 is 13.0. The van der Waals surface area contributed by atoms with E-state index in [-0.39, 0.29) is 31.2 Å². The van der Waals surface area contributed by atoms with Crippen molar-refractivity contribution in [1.29, 1.82) is 5.26 Å². The van der Waals surface area contributed by atoms with Crippen molar-refractivity contribution in [2.75, 3.05) is 13.1 Å². The molecule has 156 valence electrons. The van der Waals surface area contributed by atoms with Gasteiger partial charge >= 0.3 is 13.0 Å². The molecular weight excluding hydrogens is 388 g/mol. The molecule has 2 aromatic rings. The van der Waals surface area contributed by atoms with Gasteiger partial charge in [0.05, 0.1) is 18.1 Å². The van der Waals surface area contributed by atoms with Crippen LogP contribution in [-0.2, 0) is 6.42 Å². The smallest absolute Gasteiger partial charge is 0.464 e. The van der Waals surface area contributed by atoms with Gasteiger partial charge in [0.1, 0.15) is 5.82 Å². The molecule has 0 radical (unpaired) electrons. The van der Waals surface area contributed by atoms with E-state index in [2.05, 4.69) is 4.99 Å². The Bertz CT molecular complexity index is 911. The van der Waals surface area contributed by atoms with Gasteiger partial charge in [-0.3, -0.25) is 4.79 Å². The lowest BCUT2D eigenvalue weighted by Crippen LogP contribution is -2.84. The molecule has 0 unspecified atom stereocenters. The first-order valence-electron chi connectivity index (χ1n) is 9.55. The fourth-order valence-corrected chi connectivity index (χ4v) is 2.91. The van der Waals surface area contributed by atoms with Crippen molar-refractivity contribution in [2.24, 2.45) is 0 Å². The van der Waals surface area contributed by atoms with Crippen LogP contribution in [0.3, 0.4) is 0 Å². The number of amides is 1. The van der Waals surface area contributed by atoms with Crippen molar-refractivity contribution >= 4 is 18.9 Å². The van der Waals surface area contributed by atoms with Crippen LogP contribution in [0, 0.1) is 17.1 Å². The van der Waals surface area contributed by atoms with Crippen molar-refractivity contribution in [1.82, 2.24) is 4.90 Å². The van der Waals surface area contributed by atoms with Crippen LogP contribution in [0.15, 0.2) is 48.5 Å². The number of benzene rings is 2. The summed E-state index contributed by atoms with van der Waals surface area (Å²) >= 11 is 0. The fourth-order valence-electron chi connectivity index (χ4n) is 2.91. The summed E-state index contributed by atoms with van der Waals surface area (Å²) in [5, 5.41) is 38.2. The quantitative estimate of drug-likeness (QED) is 0.267. The molecule has 4 N–H and O–H groups in total. The minimum Gasteiger partial charge on any atom is -0.464 e. The summed E-state index contributed by atoms with van der Waals surface area (Å²) in [7, 11) is -1.75. The summed E-state index contributed by atoms with van der Waals surface area (Å²) in [5.74, 6) is -1.73. The molecule has 30 heavy (non-hydrogen) atoms. The molecule has 0 aliphatic carbocycles. The lowest BCUT2D eigenvalue weighted by Gasteiger charge is -2.20. The highest BCUT2D eigenvalue weighted by molar-refractivity contribution is 6.42. The lowest BCUT2D eigenvalue weighted by atomic mass is 9.76. The SMILES string of the molecule is CCN(CC/C(O)=[NH+]/[C@@H](Cc1ccc(F)cc1)B(O)O)C(=O)c1ccc(C#N)cc1. The van der Waals surface area contributed by atoms with Gasteiger partial charge in [0, 0.05) is 25.1 Å². The van der Waals surface area contributed by atoms with E-state index in [1.54, 1.807) is 31.2 Å². The molecule has 0 heterocycles. The topological polar surface area (TPSA) is 119 Å². The van der Waals surface area contributed by atoms with E-state index in [1.165, 1.54) is 29.2 Å². The van der Waals surface area contributed by atoms with Gasteiger partial charge in [-0.25, -0.2) is 9.38 Å². The van der Waals surface area contributed by atoms with Gasteiger partial charge in [-0.15, -0.1) is 0 Å². The van der Waals surface area contributed by atoms with Crippen LogP contribution < -0.4 is 4.99 Å². The molecule has 0 aliphatic rings. The lowest BCUT2D eigenvalue weighted by molar-refractivity contribution is -0.493. The largest absolute Gasteiger partial charge is 0.527 e. The van der Waals surface area contributed by atoms with E-state index in [0.29, 0.717) is 23.2 Å². The predicted molar refractivity (Wildman–Crippen MR) is 110 cm³/mol. The second kappa shape index (κ2) is 11.1. The number of halogens is 1. The van der Waals surface area contributed by atoms with E-state index in [4.69, 9.17) is 5.26 Å². The number of aliphatic hydroxyl groups is 1. The molecule has 2 rings (SSSR count). The second-order valence-corrected chi connectivity index (χ2v) is 6.77. The Morgan fingerprint density at radius 3 is 2.37 bits per heavy atom. The van der Waals surface area contributed by atoms with E-state index in [9.17, 15) is 24.3 Å². The zero-order chi connectivity index (χ0) is 22.1. The summed E-state index contributed by atoms with van der Waals surface area (Å²) in [4.78, 5) is 16.8. The highest BCUT2D eigenvalue weighted by Gasteiger charge is 2.30. The number of nitriles is 1. The number of aliphatic hydroxyl groups excluding tert-OH is 1. The maximum Gasteiger partial charge on any atom is 0.527 e. The number of rotatable bonds is 9. The van der Waals surface area contributed by atoms with Crippen LogP contribution in [0.1, 0.15) is 34.8 Å². The Morgan fingerprint density at radius 2 is 1.83 bits per heavy atom. The molecule has 7 nitrogen and oxygen atoms in total. The molecule has 0 spiro atoms. The minimum atomic E-state index is -1.75. The van der Waals surface area contributed by atoms with Gasteiger partial charge in [-0.05, 0) is 48.9 Å². The van der Waals surface area contributed by atoms with Gasteiger partial charge in [0.15, 0.2) is 5.94 Å². The monoisotopic (exact) mass is 412 g/mol. The Hall–Kier alpha value is -3.22. The average Bonchev–Trinajstić information content (AvgIpc) is 2.75. The summed E-state index contributed by atoms with van der Waals surface area (Å²) in [5.41, 5.74) is 1.56. The zero-order valence-corrected chi connectivity index (χ0v) is 16.6. The van der Waals surface area contributed by atoms with Crippen molar-refractivity contribution in [3.8, 4) is 6.07 Å². The van der Waals surface area contributed by atoms with Gasteiger partial charge in [-0.1, -0.05) is 12.1 Å². The average molecular weight is 412 g/mol. The third-order valence-corrected chi connectivity index (χ3v) is 4.63. The summed E-state index contributed by atoms with van der Waals surface area (Å²) in [6.45, 7) is 2.42. The molecule has 0 bridgehead atoms. The van der Waals surface area contributed by atoms with E-state index in [1.807, 2.05) is 6.07 Å². The van der Waals surface area contributed by atoms with E-state index < -0.39 is 18.9 Å². The molecule has 0 aliphatic heterocycles. The first-order valence-corrected chi connectivity index (χ1v) is 9.55. The Kier molecular flexibility index (Phi) is 8.53. The first kappa shape index (κ1) is 23.1. The maximum atomic E-state index is 13.0.